The molecule has 3 heterocycles. The van der Waals surface area contributed by atoms with Gasteiger partial charge in [-0.15, -0.1) is 0 Å². The van der Waals surface area contributed by atoms with Crippen molar-refractivity contribution in [2.24, 2.45) is 5.92 Å². The number of phenolic OH excluding ortho intramolecular Hbond substituents is 1. The summed E-state index contributed by atoms with van der Waals surface area (Å²) in [6.45, 7) is 3.97. The summed E-state index contributed by atoms with van der Waals surface area (Å²) in [7, 11) is 0. The number of nitrogens with one attached hydrogen (secondary N) is 3. The molecule has 0 spiro atoms. The Morgan fingerprint density at radius 3 is 2.29 bits per heavy atom. The number of rotatable bonds is 17. The number of aliphatic hydroxyl groups excluding tert-OH is 1. The number of piperidine rings is 1. The number of aromatic nitrogens is 1. The van der Waals surface area contributed by atoms with Crippen LogP contribution in [0.3, 0.4) is 0 Å². The zero-order valence-corrected chi connectivity index (χ0v) is 36.6. The van der Waals surface area contributed by atoms with Gasteiger partial charge in [0.1, 0.15) is 11.5 Å². The van der Waals surface area contributed by atoms with Gasteiger partial charge in [-0.1, -0.05) is 91.0 Å². The average molecular weight is 894 g/mol. The molecule has 0 saturated carbocycles. The van der Waals surface area contributed by atoms with Gasteiger partial charge >= 0.3 is 5.97 Å². The van der Waals surface area contributed by atoms with Crippen LogP contribution >= 0.6 is 0 Å². The Hall–Kier alpha value is -6.84. The second kappa shape index (κ2) is 21.0. The Morgan fingerprint density at radius 2 is 1.53 bits per heavy atom. The van der Waals surface area contributed by atoms with E-state index in [1.54, 1.807) is 77.7 Å². The van der Waals surface area contributed by atoms with Crippen LogP contribution in [0, 0.1) is 5.92 Å². The molecule has 2 unspecified atom stereocenters. The fourth-order valence-corrected chi connectivity index (χ4v) is 8.74. The molecule has 6 aromatic rings. The van der Waals surface area contributed by atoms with Crippen molar-refractivity contribution in [3.8, 4) is 11.5 Å². The summed E-state index contributed by atoms with van der Waals surface area (Å²) in [5, 5.41) is 40.0. The molecule has 2 amide bonds. The number of fused-ring (bicyclic) bond motifs is 1. The Morgan fingerprint density at radius 1 is 0.803 bits per heavy atom. The van der Waals surface area contributed by atoms with Crippen LogP contribution in [0.25, 0.3) is 10.9 Å². The topological polar surface area (TPSA) is 194 Å². The third-order valence-corrected chi connectivity index (χ3v) is 12.5. The van der Waals surface area contributed by atoms with Crippen molar-refractivity contribution >= 4 is 28.7 Å². The maximum Gasteiger partial charge on any atom is 0.347 e. The lowest BCUT2D eigenvalue weighted by atomic mass is 9.86. The standard InChI is InChI=1S/C52H55N5O9/c58-45-20-18-43(44-19-21-47(60)55-49(44)45)46(59)30-53-29-35-14-16-38(17-15-35)50(62)54-41-24-27-57(32-41)48(61)34-65-42-13-7-12-40(28-42)52(64,39-10-5-2-6-11-39)51(63)66-33-37-22-25-56(26-23-37)31-36-8-3-1-4-9-36/h1-21,28,37,41,46,53,58-59,64H,22-27,29-34H2,(H,54,62)(H,55,60)/t41?,46?,52-/m0/s1. The van der Waals surface area contributed by atoms with Crippen molar-refractivity contribution < 1.29 is 39.2 Å². The number of esters is 1. The Balaban J connectivity index is 0.795. The number of pyridine rings is 1. The summed E-state index contributed by atoms with van der Waals surface area (Å²) < 4.78 is 11.8. The summed E-state index contributed by atoms with van der Waals surface area (Å²) in [6.07, 6.45) is 1.42. The highest BCUT2D eigenvalue weighted by molar-refractivity contribution is 5.94. The molecular formula is C52H55N5O9. The zero-order chi connectivity index (χ0) is 46.0. The van der Waals surface area contributed by atoms with E-state index in [2.05, 4.69) is 32.7 Å². The minimum Gasteiger partial charge on any atom is -0.506 e. The third-order valence-electron chi connectivity index (χ3n) is 12.5. The minimum atomic E-state index is -2.11. The largest absolute Gasteiger partial charge is 0.506 e. The normalized spacial score (nSPS) is 16.9. The molecule has 6 N–H and O–H groups in total. The van der Waals surface area contributed by atoms with E-state index < -0.39 is 17.7 Å². The molecule has 3 atom stereocenters. The molecule has 0 aliphatic carbocycles. The number of carbonyl (C=O) groups excluding carboxylic acids is 3. The average Bonchev–Trinajstić information content (AvgIpc) is 3.82. The Labute approximate surface area is 382 Å². The van der Waals surface area contributed by atoms with Crippen LogP contribution in [0.5, 0.6) is 11.5 Å². The van der Waals surface area contributed by atoms with Crippen LogP contribution in [0.2, 0.25) is 0 Å². The fraction of sp³-hybridized carbons (Fsp3) is 0.308. The van der Waals surface area contributed by atoms with Crippen LogP contribution < -0.4 is 20.9 Å². The molecule has 14 heteroatoms. The first-order valence-electron chi connectivity index (χ1n) is 22.4. The van der Waals surface area contributed by atoms with Gasteiger partial charge in [-0.3, -0.25) is 19.3 Å². The maximum atomic E-state index is 13.9. The number of aliphatic hydroxyl groups is 2. The lowest BCUT2D eigenvalue weighted by Gasteiger charge is -2.33. The predicted octanol–water partition coefficient (Wildman–Crippen LogP) is 5.16. The van der Waals surface area contributed by atoms with Gasteiger partial charge in [-0.25, -0.2) is 4.79 Å². The minimum absolute atomic E-state index is 0.0761. The molecular weight excluding hydrogens is 839 g/mol. The first-order chi connectivity index (χ1) is 32.0. The molecule has 8 rings (SSSR count). The monoisotopic (exact) mass is 893 g/mol. The molecule has 0 radical (unpaired) electrons. The number of likely N-dealkylation sites (tertiary alicyclic amines) is 2. The number of aromatic amines is 1. The molecule has 5 aromatic carbocycles. The molecule has 2 aliphatic rings. The van der Waals surface area contributed by atoms with Gasteiger partial charge < -0.3 is 45.3 Å². The second-order valence-electron chi connectivity index (χ2n) is 17.1. The van der Waals surface area contributed by atoms with Gasteiger partial charge in [0, 0.05) is 61.3 Å². The first-order valence-corrected chi connectivity index (χ1v) is 22.4. The van der Waals surface area contributed by atoms with E-state index in [1.165, 1.54) is 17.7 Å². The number of benzene rings is 5. The van der Waals surface area contributed by atoms with Crippen molar-refractivity contribution in [1.82, 2.24) is 25.4 Å². The molecule has 342 valence electrons. The van der Waals surface area contributed by atoms with Crippen molar-refractivity contribution in [2.75, 3.05) is 45.9 Å². The van der Waals surface area contributed by atoms with Gasteiger partial charge in [0.2, 0.25) is 11.2 Å². The smallest absolute Gasteiger partial charge is 0.347 e. The van der Waals surface area contributed by atoms with Crippen LogP contribution in [0.15, 0.2) is 138 Å². The van der Waals surface area contributed by atoms with Gasteiger partial charge in [0.05, 0.1) is 18.2 Å². The number of carbonyl (C=O) groups is 3. The van der Waals surface area contributed by atoms with E-state index >= 15 is 0 Å². The van der Waals surface area contributed by atoms with E-state index in [0.717, 1.165) is 38.0 Å². The van der Waals surface area contributed by atoms with Gasteiger partial charge in [0.15, 0.2) is 6.61 Å². The van der Waals surface area contributed by atoms with Gasteiger partial charge in [0.25, 0.3) is 11.8 Å². The Kier molecular flexibility index (Phi) is 14.5. The van der Waals surface area contributed by atoms with E-state index in [4.69, 9.17) is 9.47 Å². The number of phenols is 1. The van der Waals surface area contributed by atoms with Gasteiger partial charge in [-0.05, 0) is 96.9 Å². The van der Waals surface area contributed by atoms with E-state index in [0.29, 0.717) is 53.9 Å². The number of hydrogen-bond acceptors (Lipinski definition) is 11. The highest BCUT2D eigenvalue weighted by Gasteiger charge is 2.42. The predicted molar refractivity (Wildman–Crippen MR) is 249 cm³/mol. The Bertz CT molecular complexity index is 2670. The molecule has 2 fully saturated rings. The number of hydrogen-bond donors (Lipinski definition) is 6. The van der Waals surface area contributed by atoms with E-state index in [9.17, 15) is 34.5 Å². The quantitative estimate of drug-likeness (QED) is 0.0663. The number of H-pyrrole nitrogens is 1. The lowest BCUT2D eigenvalue weighted by Crippen LogP contribution is -2.40. The molecule has 1 aromatic heterocycles. The summed E-state index contributed by atoms with van der Waals surface area (Å²) in [5.74, 6) is -0.901. The van der Waals surface area contributed by atoms with Crippen molar-refractivity contribution in [2.45, 2.75) is 50.1 Å². The summed E-state index contributed by atoms with van der Waals surface area (Å²) in [6, 6.07) is 38.4. The lowest BCUT2D eigenvalue weighted by molar-refractivity contribution is -0.164. The highest BCUT2D eigenvalue weighted by atomic mass is 16.5. The molecule has 2 saturated heterocycles. The number of ether oxygens (including phenoxy) is 2. The van der Waals surface area contributed by atoms with E-state index in [1.807, 2.05) is 36.4 Å². The molecule has 66 heavy (non-hydrogen) atoms. The molecule has 2 aliphatic heterocycles. The number of aromatic hydroxyl groups is 1. The number of amides is 2. The van der Waals surface area contributed by atoms with Gasteiger partial charge in [-0.2, -0.15) is 0 Å². The van der Waals surface area contributed by atoms with Crippen LogP contribution in [-0.2, 0) is 33.0 Å². The van der Waals surface area contributed by atoms with E-state index in [-0.39, 0.29) is 65.9 Å². The first kappa shape index (κ1) is 45.7. The zero-order valence-electron chi connectivity index (χ0n) is 36.6. The fourth-order valence-electron chi connectivity index (χ4n) is 8.74. The van der Waals surface area contributed by atoms with Crippen LogP contribution in [-0.4, -0.2) is 99.9 Å². The summed E-state index contributed by atoms with van der Waals surface area (Å²) >= 11 is 0. The van der Waals surface area contributed by atoms with Crippen molar-refractivity contribution in [3.63, 3.8) is 0 Å². The SMILES string of the molecule is O=C(NC1CCN(C(=O)COc2cccc([C@](O)(C(=O)OCC3CCN(Cc4ccccc4)CC3)c3ccccc3)c2)C1)c1ccc(CNCC(O)c2ccc(O)c3[nH]c(=O)ccc23)cc1. The van der Waals surface area contributed by atoms with Crippen LogP contribution in [0.4, 0.5) is 0 Å². The second-order valence-corrected chi connectivity index (χ2v) is 17.1. The molecule has 0 bridgehead atoms. The summed E-state index contributed by atoms with van der Waals surface area (Å²) in [4.78, 5) is 58.8. The highest BCUT2D eigenvalue weighted by Crippen LogP contribution is 2.34. The maximum absolute atomic E-state index is 13.9. The van der Waals surface area contributed by atoms with Crippen LogP contribution in [0.1, 0.15) is 63.5 Å². The third kappa shape index (κ3) is 11.0. The van der Waals surface area contributed by atoms with Crippen molar-refractivity contribution in [1.29, 1.82) is 0 Å². The summed E-state index contributed by atoms with van der Waals surface area (Å²) in [5.41, 5.74) is 1.61. The van der Waals surface area contributed by atoms with Crippen molar-refractivity contribution in [3.05, 3.63) is 177 Å². The number of nitrogens with zero attached hydrogens (tertiary/aromatic N) is 2. The molecule has 14 nitrogen and oxygen atoms in total.